The number of nitrogens with two attached hydrogens (primary N) is 1. The fourth-order valence-electron chi connectivity index (χ4n) is 2.57. The van der Waals surface area contributed by atoms with E-state index in [1.165, 1.54) is 7.11 Å². The van der Waals surface area contributed by atoms with E-state index in [2.05, 4.69) is 15.0 Å². The van der Waals surface area contributed by atoms with E-state index in [1.54, 1.807) is 34.9 Å². The van der Waals surface area contributed by atoms with Gasteiger partial charge in [-0.25, -0.2) is 4.98 Å². The van der Waals surface area contributed by atoms with Gasteiger partial charge in [-0.2, -0.15) is 0 Å². The monoisotopic (exact) mass is 365 g/mol. The van der Waals surface area contributed by atoms with Gasteiger partial charge in [-0.05, 0) is 12.1 Å². The van der Waals surface area contributed by atoms with Crippen LogP contribution in [0.3, 0.4) is 0 Å². The molecule has 2 aromatic heterocycles. The molecule has 0 aliphatic rings. The molecule has 0 bridgehead atoms. The van der Waals surface area contributed by atoms with Crippen LogP contribution in [0.5, 0.6) is 0 Å². The summed E-state index contributed by atoms with van der Waals surface area (Å²) in [5, 5.41) is 10.1. The number of nitrogens with one attached hydrogen (secondary N) is 2. The first-order chi connectivity index (χ1) is 13.0. The van der Waals surface area contributed by atoms with Crippen molar-refractivity contribution < 1.29 is 14.3 Å². The van der Waals surface area contributed by atoms with Crippen LogP contribution in [0.25, 0.3) is 16.9 Å². The van der Waals surface area contributed by atoms with E-state index in [9.17, 15) is 9.59 Å². The van der Waals surface area contributed by atoms with E-state index in [4.69, 9.17) is 11.1 Å². The lowest BCUT2D eigenvalue weighted by atomic mass is 10.1. The van der Waals surface area contributed by atoms with E-state index in [-0.39, 0.29) is 30.7 Å². The third-order valence-corrected chi connectivity index (χ3v) is 4.05. The van der Waals surface area contributed by atoms with Crippen molar-refractivity contribution in [2.75, 3.05) is 13.7 Å². The number of hydrogen-bond acceptors (Lipinski definition) is 5. The Bertz CT molecular complexity index is 1010. The fraction of sp³-hybridized carbons (Fsp3) is 0.158. The summed E-state index contributed by atoms with van der Waals surface area (Å²) in [4.78, 5) is 27.8. The summed E-state index contributed by atoms with van der Waals surface area (Å²) in [7, 11) is 1.31. The molecule has 0 atom stereocenters. The van der Waals surface area contributed by atoms with Gasteiger partial charge in [-0.3, -0.25) is 15.0 Å². The molecule has 27 heavy (non-hydrogen) atoms. The van der Waals surface area contributed by atoms with Crippen LogP contribution >= 0.6 is 0 Å². The van der Waals surface area contributed by atoms with Crippen molar-refractivity contribution in [1.29, 1.82) is 5.41 Å². The number of esters is 1. The minimum Gasteiger partial charge on any atom is -0.469 e. The number of carbonyl (C=O) groups excluding carboxylic acids is 2. The first kappa shape index (κ1) is 18.1. The van der Waals surface area contributed by atoms with Gasteiger partial charge >= 0.3 is 5.97 Å². The normalized spacial score (nSPS) is 10.6. The van der Waals surface area contributed by atoms with Gasteiger partial charge < -0.3 is 20.2 Å². The molecular formula is C19H19N5O3. The Labute approximate surface area is 155 Å². The van der Waals surface area contributed by atoms with Crippen LogP contribution in [0.15, 0.2) is 48.8 Å². The smallest absolute Gasteiger partial charge is 0.307 e. The first-order valence-corrected chi connectivity index (χ1v) is 8.26. The van der Waals surface area contributed by atoms with Gasteiger partial charge in [0.15, 0.2) is 0 Å². The maximum Gasteiger partial charge on any atom is 0.307 e. The van der Waals surface area contributed by atoms with Crippen LogP contribution in [0, 0.1) is 5.41 Å². The second kappa shape index (κ2) is 7.69. The third-order valence-electron chi connectivity index (χ3n) is 4.05. The summed E-state index contributed by atoms with van der Waals surface area (Å²) in [6, 6.07) is 10.7. The Kier molecular flexibility index (Phi) is 5.16. The van der Waals surface area contributed by atoms with Crippen molar-refractivity contribution >= 4 is 23.4 Å². The molecule has 4 N–H and O–H groups in total. The van der Waals surface area contributed by atoms with Gasteiger partial charge in [0.25, 0.3) is 5.91 Å². The molecule has 0 saturated heterocycles. The summed E-state index contributed by atoms with van der Waals surface area (Å²) in [5.41, 5.74) is 8.90. The standard InChI is InChI=1S/C19H19N5O3/c1-27-17(25)8-9-22-19(26)14-6-7-16-23-15(11-24(16)10-14)12-2-4-13(5-3-12)18(20)21/h2-7,10-11H,8-9H2,1H3,(H3,20,21)(H,22,26). The lowest BCUT2D eigenvalue weighted by Gasteiger charge is -2.04. The third kappa shape index (κ3) is 4.12. The Morgan fingerprint density at radius 3 is 2.52 bits per heavy atom. The number of rotatable bonds is 6. The summed E-state index contributed by atoms with van der Waals surface area (Å²) in [5.74, 6) is -0.637. The molecule has 2 heterocycles. The number of benzene rings is 1. The molecule has 0 spiro atoms. The number of carbonyl (C=O) groups is 2. The highest BCUT2D eigenvalue weighted by molar-refractivity contribution is 5.95. The number of fused-ring (bicyclic) bond motifs is 1. The number of amidine groups is 1. The van der Waals surface area contributed by atoms with Crippen LogP contribution < -0.4 is 11.1 Å². The second-order valence-electron chi connectivity index (χ2n) is 5.88. The van der Waals surface area contributed by atoms with Crippen LogP contribution in [-0.4, -0.2) is 40.8 Å². The topological polar surface area (TPSA) is 123 Å². The number of methoxy groups -OCH3 is 1. The molecule has 8 nitrogen and oxygen atoms in total. The van der Waals surface area contributed by atoms with Gasteiger partial charge in [-0.1, -0.05) is 24.3 Å². The molecule has 0 fully saturated rings. The van der Waals surface area contributed by atoms with Gasteiger partial charge in [0.2, 0.25) is 0 Å². The number of imidazole rings is 1. The van der Waals surface area contributed by atoms with E-state index in [1.807, 2.05) is 18.3 Å². The number of amides is 1. The van der Waals surface area contributed by atoms with Crippen LogP contribution in [0.4, 0.5) is 0 Å². The predicted molar refractivity (Wildman–Crippen MR) is 101 cm³/mol. The predicted octanol–water partition coefficient (Wildman–Crippen LogP) is 1.58. The Morgan fingerprint density at radius 2 is 1.85 bits per heavy atom. The van der Waals surface area contributed by atoms with Crippen molar-refractivity contribution in [3.05, 3.63) is 59.9 Å². The van der Waals surface area contributed by atoms with Gasteiger partial charge in [0.1, 0.15) is 11.5 Å². The fourth-order valence-corrected chi connectivity index (χ4v) is 2.57. The molecule has 138 valence electrons. The van der Waals surface area contributed by atoms with Gasteiger partial charge in [-0.15, -0.1) is 0 Å². The second-order valence-corrected chi connectivity index (χ2v) is 5.88. The first-order valence-electron chi connectivity index (χ1n) is 8.26. The van der Waals surface area contributed by atoms with E-state index in [0.717, 1.165) is 11.3 Å². The van der Waals surface area contributed by atoms with Gasteiger partial charge in [0.05, 0.1) is 24.8 Å². The zero-order valence-electron chi connectivity index (χ0n) is 14.7. The van der Waals surface area contributed by atoms with E-state index in [0.29, 0.717) is 16.8 Å². The lowest BCUT2D eigenvalue weighted by Crippen LogP contribution is -2.26. The van der Waals surface area contributed by atoms with Crippen LogP contribution in [-0.2, 0) is 9.53 Å². The minimum absolute atomic E-state index is 0.0133. The van der Waals surface area contributed by atoms with Crippen LogP contribution in [0.2, 0.25) is 0 Å². The van der Waals surface area contributed by atoms with Crippen molar-refractivity contribution in [3.8, 4) is 11.3 Å². The van der Waals surface area contributed by atoms with Crippen LogP contribution in [0.1, 0.15) is 22.3 Å². The molecule has 8 heteroatoms. The molecule has 0 aliphatic heterocycles. The SMILES string of the molecule is COC(=O)CCNC(=O)c1ccc2nc(-c3ccc(C(=N)N)cc3)cn2c1. The lowest BCUT2D eigenvalue weighted by molar-refractivity contribution is -0.140. The number of ether oxygens (including phenoxy) is 1. The highest BCUT2D eigenvalue weighted by Gasteiger charge is 2.10. The molecule has 0 unspecified atom stereocenters. The summed E-state index contributed by atoms with van der Waals surface area (Å²) in [6.07, 6.45) is 3.63. The minimum atomic E-state index is -0.374. The molecular weight excluding hydrogens is 346 g/mol. The van der Waals surface area contributed by atoms with Crippen molar-refractivity contribution in [1.82, 2.24) is 14.7 Å². The number of hydrogen-bond donors (Lipinski definition) is 3. The average molecular weight is 365 g/mol. The molecule has 0 saturated carbocycles. The zero-order valence-corrected chi connectivity index (χ0v) is 14.7. The maximum atomic E-state index is 12.2. The number of aromatic nitrogens is 2. The number of pyridine rings is 1. The highest BCUT2D eigenvalue weighted by Crippen LogP contribution is 2.20. The molecule has 0 aliphatic carbocycles. The molecule has 3 aromatic rings. The molecule has 1 aromatic carbocycles. The largest absolute Gasteiger partial charge is 0.469 e. The van der Waals surface area contributed by atoms with Crippen molar-refractivity contribution in [2.45, 2.75) is 6.42 Å². The maximum absolute atomic E-state index is 12.2. The Balaban J connectivity index is 1.77. The highest BCUT2D eigenvalue weighted by atomic mass is 16.5. The van der Waals surface area contributed by atoms with Crippen molar-refractivity contribution in [3.63, 3.8) is 0 Å². The summed E-state index contributed by atoms with van der Waals surface area (Å²) >= 11 is 0. The Hall–Kier alpha value is -3.68. The average Bonchev–Trinajstić information content (AvgIpc) is 3.11. The van der Waals surface area contributed by atoms with Crippen molar-refractivity contribution in [2.24, 2.45) is 5.73 Å². The summed E-state index contributed by atoms with van der Waals surface area (Å²) < 4.78 is 6.31. The van der Waals surface area contributed by atoms with Gasteiger partial charge in [0, 0.05) is 30.1 Å². The summed E-state index contributed by atoms with van der Waals surface area (Å²) in [6.45, 7) is 0.210. The molecule has 0 radical (unpaired) electrons. The van der Waals surface area contributed by atoms with E-state index < -0.39 is 0 Å². The molecule has 1 amide bonds. The Morgan fingerprint density at radius 1 is 1.15 bits per heavy atom. The molecule has 3 rings (SSSR count). The number of nitrogens with zero attached hydrogens (tertiary/aromatic N) is 2. The zero-order chi connectivity index (χ0) is 19.4. The number of nitrogen functional groups attached to an aromatic ring is 1. The quantitative estimate of drug-likeness (QED) is 0.348. The van der Waals surface area contributed by atoms with E-state index >= 15 is 0 Å².